The molecule has 25 heavy (non-hydrogen) atoms. The second-order valence-corrected chi connectivity index (χ2v) is 5.91. The van der Waals surface area contributed by atoms with Gasteiger partial charge in [-0.3, -0.25) is 4.79 Å². The molecule has 1 amide bonds. The fraction of sp³-hybridized carbons (Fsp3) is 0.333. The molecule has 0 aliphatic carbocycles. The molecule has 1 aromatic carbocycles. The number of ether oxygens (including phenoxy) is 1. The van der Waals surface area contributed by atoms with Crippen LogP contribution in [-0.2, 0) is 11.2 Å². The number of aromatic nitrogens is 4. The Hall–Kier alpha value is -2.96. The molecule has 0 unspecified atom stereocenters. The highest BCUT2D eigenvalue weighted by Gasteiger charge is 2.13. The highest BCUT2D eigenvalue weighted by molar-refractivity contribution is 5.91. The van der Waals surface area contributed by atoms with Crippen LogP contribution in [-0.4, -0.2) is 32.6 Å². The van der Waals surface area contributed by atoms with Gasteiger partial charge >= 0.3 is 0 Å². The minimum absolute atomic E-state index is 0.0538. The van der Waals surface area contributed by atoms with Crippen molar-refractivity contribution in [2.75, 3.05) is 12.4 Å². The van der Waals surface area contributed by atoms with Gasteiger partial charge in [-0.15, -0.1) is 0 Å². The number of fused-ring (bicyclic) bond motifs is 1. The van der Waals surface area contributed by atoms with Crippen molar-refractivity contribution in [3.05, 3.63) is 47.0 Å². The van der Waals surface area contributed by atoms with Crippen molar-refractivity contribution in [1.29, 1.82) is 0 Å². The Kier molecular flexibility index (Phi) is 4.65. The monoisotopic (exact) mass is 339 g/mol. The number of hydrogen-bond donors (Lipinski definition) is 1. The zero-order valence-corrected chi connectivity index (χ0v) is 14.8. The standard InChI is InChI=1S/C18H21N5O2/c1-11-16(12(2)23-18(19-11)20-13(3)22-23)8-9-17(24)21-14-6-5-7-15(10-14)25-4/h5-7,10H,8-9H2,1-4H3,(H,21,24). The summed E-state index contributed by atoms with van der Waals surface area (Å²) >= 11 is 0. The van der Waals surface area contributed by atoms with E-state index in [0.29, 0.717) is 30.2 Å². The highest BCUT2D eigenvalue weighted by Crippen LogP contribution is 2.18. The molecule has 2 heterocycles. The molecule has 0 aliphatic rings. The predicted octanol–water partition coefficient (Wildman–Crippen LogP) is 2.63. The maximum absolute atomic E-state index is 12.3. The van der Waals surface area contributed by atoms with Crippen molar-refractivity contribution in [2.45, 2.75) is 33.6 Å². The summed E-state index contributed by atoms with van der Waals surface area (Å²) in [6.07, 6.45) is 0.953. The molecule has 7 nitrogen and oxygen atoms in total. The maximum Gasteiger partial charge on any atom is 0.252 e. The van der Waals surface area contributed by atoms with Crippen molar-refractivity contribution in [2.24, 2.45) is 0 Å². The molecular weight excluding hydrogens is 318 g/mol. The Morgan fingerprint density at radius 3 is 2.80 bits per heavy atom. The minimum atomic E-state index is -0.0538. The Morgan fingerprint density at radius 1 is 1.24 bits per heavy atom. The molecule has 0 bridgehead atoms. The van der Waals surface area contributed by atoms with E-state index in [4.69, 9.17) is 4.74 Å². The van der Waals surface area contributed by atoms with Crippen LogP contribution in [0.15, 0.2) is 24.3 Å². The van der Waals surface area contributed by atoms with Crippen LogP contribution in [0.1, 0.15) is 29.2 Å². The number of rotatable bonds is 5. The van der Waals surface area contributed by atoms with Crippen molar-refractivity contribution in [3.8, 4) is 5.75 Å². The number of aryl methyl sites for hydroxylation is 3. The van der Waals surface area contributed by atoms with Crippen LogP contribution in [0.25, 0.3) is 5.78 Å². The number of amides is 1. The lowest BCUT2D eigenvalue weighted by atomic mass is 10.1. The molecule has 7 heteroatoms. The summed E-state index contributed by atoms with van der Waals surface area (Å²) in [5, 5.41) is 7.25. The van der Waals surface area contributed by atoms with Crippen LogP contribution in [0.3, 0.4) is 0 Å². The molecule has 130 valence electrons. The number of benzene rings is 1. The summed E-state index contributed by atoms with van der Waals surface area (Å²) < 4.78 is 6.90. The Balaban J connectivity index is 1.72. The first-order valence-electron chi connectivity index (χ1n) is 8.11. The Bertz CT molecular complexity index is 933. The number of nitrogens with one attached hydrogen (secondary N) is 1. The summed E-state index contributed by atoms with van der Waals surface area (Å²) in [6.45, 7) is 5.75. The van der Waals surface area contributed by atoms with Gasteiger partial charge in [0.1, 0.15) is 11.6 Å². The SMILES string of the molecule is COc1cccc(NC(=O)CCc2c(C)nc3nc(C)nn3c2C)c1. The normalized spacial score (nSPS) is 10.9. The maximum atomic E-state index is 12.3. The first-order valence-corrected chi connectivity index (χ1v) is 8.11. The van der Waals surface area contributed by atoms with Crippen molar-refractivity contribution in [3.63, 3.8) is 0 Å². The number of methoxy groups -OCH3 is 1. The van der Waals surface area contributed by atoms with Gasteiger partial charge in [0.25, 0.3) is 5.78 Å². The van der Waals surface area contributed by atoms with E-state index in [9.17, 15) is 4.79 Å². The average molecular weight is 339 g/mol. The second kappa shape index (κ2) is 6.88. The van der Waals surface area contributed by atoms with Gasteiger partial charge in [-0.25, -0.2) is 9.50 Å². The summed E-state index contributed by atoms with van der Waals surface area (Å²) in [4.78, 5) is 21.0. The number of carbonyl (C=O) groups excluding carboxylic acids is 1. The number of hydrogen-bond acceptors (Lipinski definition) is 5. The predicted molar refractivity (Wildman–Crippen MR) is 94.9 cm³/mol. The van der Waals surface area contributed by atoms with E-state index in [1.54, 1.807) is 17.7 Å². The molecule has 0 saturated heterocycles. The smallest absolute Gasteiger partial charge is 0.252 e. The molecule has 0 saturated carbocycles. The van der Waals surface area contributed by atoms with Gasteiger partial charge < -0.3 is 10.1 Å². The Labute approximate surface area is 146 Å². The zero-order valence-electron chi connectivity index (χ0n) is 14.8. The third-order valence-corrected chi connectivity index (χ3v) is 4.11. The molecular formula is C18H21N5O2. The van der Waals surface area contributed by atoms with Gasteiger partial charge in [-0.2, -0.15) is 10.1 Å². The highest BCUT2D eigenvalue weighted by atomic mass is 16.5. The summed E-state index contributed by atoms with van der Waals surface area (Å²) in [5.41, 5.74) is 3.60. The van der Waals surface area contributed by atoms with Crippen molar-refractivity contribution in [1.82, 2.24) is 19.6 Å². The molecule has 0 radical (unpaired) electrons. The van der Waals surface area contributed by atoms with Crippen LogP contribution in [0.4, 0.5) is 5.69 Å². The molecule has 3 aromatic rings. The van der Waals surface area contributed by atoms with Gasteiger partial charge in [-0.1, -0.05) is 6.07 Å². The van der Waals surface area contributed by atoms with Gasteiger partial charge in [0, 0.05) is 29.6 Å². The lowest BCUT2D eigenvalue weighted by Gasteiger charge is -2.11. The third kappa shape index (κ3) is 3.60. The zero-order chi connectivity index (χ0) is 18.0. The van der Waals surface area contributed by atoms with Crippen LogP contribution in [0, 0.1) is 20.8 Å². The number of anilines is 1. The van der Waals surface area contributed by atoms with E-state index in [-0.39, 0.29) is 5.91 Å². The van der Waals surface area contributed by atoms with E-state index in [1.165, 1.54) is 0 Å². The lowest BCUT2D eigenvalue weighted by Crippen LogP contribution is -2.14. The molecule has 0 atom stereocenters. The number of nitrogens with zero attached hydrogens (tertiary/aromatic N) is 4. The van der Waals surface area contributed by atoms with Crippen molar-refractivity contribution < 1.29 is 9.53 Å². The minimum Gasteiger partial charge on any atom is -0.497 e. The molecule has 1 N–H and O–H groups in total. The summed E-state index contributed by atoms with van der Waals surface area (Å²) in [7, 11) is 1.60. The second-order valence-electron chi connectivity index (χ2n) is 5.91. The van der Waals surface area contributed by atoms with Crippen LogP contribution in [0.5, 0.6) is 5.75 Å². The van der Waals surface area contributed by atoms with E-state index in [0.717, 1.165) is 22.6 Å². The van der Waals surface area contributed by atoms with Gasteiger partial charge in [-0.05, 0) is 44.9 Å². The Morgan fingerprint density at radius 2 is 2.04 bits per heavy atom. The van der Waals surface area contributed by atoms with Gasteiger partial charge in [0.05, 0.1) is 7.11 Å². The van der Waals surface area contributed by atoms with E-state index >= 15 is 0 Å². The quantitative estimate of drug-likeness (QED) is 0.773. The molecule has 0 spiro atoms. The van der Waals surface area contributed by atoms with Crippen LogP contribution >= 0.6 is 0 Å². The average Bonchev–Trinajstić information content (AvgIpc) is 2.95. The van der Waals surface area contributed by atoms with Crippen molar-refractivity contribution >= 4 is 17.4 Å². The van der Waals surface area contributed by atoms with Crippen LogP contribution in [0.2, 0.25) is 0 Å². The van der Waals surface area contributed by atoms with Crippen LogP contribution < -0.4 is 10.1 Å². The summed E-state index contributed by atoms with van der Waals surface area (Å²) in [5.74, 6) is 1.93. The lowest BCUT2D eigenvalue weighted by molar-refractivity contribution is -0.116. The first-order chi connectivity index (χ1) is 12.0. The third-order valence-electron chi connectivity index (χ3n) is 4.11. The number of carbonyl (C=O) groups is 1. The first kappa shape index (κ1) is 16.9. The molecule has 3 rings (SSSR count). The van der Waals surface area contributed by atoms with E-state index in [1.807, 2.05) is 39.0 Å². The van der Waals surface area contributed by atoms with Gasteiger partial charge in [0.2, 0.25) is 5.91 Å². The topological polar surface area (TPSA) is 81.4 Å². The molecule has 0 fully saturated rings. The van der Waals surface area contributed by atoms with Gasteiger partial charge in [0.15, 0.2) is 0 Å². The molecule has 0 aliphatic heterocycles. The van der Waals surface area contributed by atoms with E-state index in [2.05, 4.69) is 20.4 Å². The van der Waals surface area contributed by atoms with E-state index < -0.39 is 0 Å². The summed E-state index contributed by atoms with van der Waals surface area (Å²) in [6, 6.07) is 7.31. The fourth-order valence-corrected chi connectivity index (χ4v) is 2.83. The largest absolute Gasteiger partial charge is 0.497 e. The molecule has 2 aromatic heterocycles. The fourth-order valence-electron chi connectivity index (χ4n) is 2.83.